The van der Waals surface area contributed by atoms with Gasteiger partial charge in [-0.3, -0.25) is 4.98 Å². The van der Waals surface area contributed by atoms with Crippen molar-refractivity contribution >= 4 is 11.6 Å². The first-order valence-corrected chi connectivity index (χ1v) is 6.13. The van der Waals surface area contributed by atoms with Crippen molar-refractivity contribution in [3.8, 4) is 6.07 Å². The highest BCUT2D eigenvalue weighted by Crippen LogP contribution is 2.15. The lowest BCUT2D eigenvalue weighted by atomic mass is 10.2. The molecule has 6 heteroatoms. The van der Waals surface area contributed by atoms with Crippen LogP contribution in [0.25, 0.3) is 0 Å². The van der Waals surface area contributed by atoms with Gasteiger partial charge in [-0.05, 0) is 19.1 Å². The number of nitrogens with one attached hydrogen (secondary N) is 1. The maximum absolute atomic E-state index is 8.77. The first-order chi connectivity index (χ1) is 9.20. The zero-order valence-corrected chi connectivity index (χ0v) is 11.1. The van der Waals surface area contributed by atoms with Crippen molar-refractivity contribution in [2.24, 2.45) is 0 Å². The van der Waals surface area contributed by atoms with E-state index in [1.54, 1.807) is 24.5 Å². The summed E-state index contributed by atoms with van der Waals surface area (Å²) in [5.41, 5.74) is 1.15. The van der Waals surface area contributed by atoms with Crippen molar-refractivity contribution in [1.29, 1.82) is 5.26 Å². The summed E-state index contributed by atoms with van der Waals surface area (Å²) >= 11 is 5.95. The summed E-state index contributed by atoms with van der Waals surface area (Å²) in [6, 6.07) is 5.45. The van der Waals surface area contributed by atoms with Crippen LogP contribution in [-0.2, 0) is 6.54 Å². The number of aromatic nitrogens is 3. The summed E-state index contributed by atoms with van der Waals surface area (Å²) in [6.07, 6.45) is 4.89. The molecule has 2 aromatic rings. The van der Waals surface area contributed by atoms with E-state index in [2.05, 4.69) is 20.3 Å². The molecule has 0 spiro atoms. The molecular weight excluding hydrogens is 262 g/mol. The maximum Gasteiger partial charge on any atom is 0.144 e. The Morgan fingerprint density at radius 1 is 1.37 bits per heavy atom. The first kappa shape index (κ1) is 13.4. The van der Waals surface area contributed by atoms with Crippen molar-refractivity contribution in [1.82, 2.24) is 20.3 Å². The molecule has 0 aliphatic heterocycles. The number of hydrogen-bond acceptors (Lipinski definition) is 5. The third kappa shape index (κ3) is 3.47. The average Bonchev–Trinajstić information content (AvgIpc) is 2.46. The third-order valence-corrected chi connectivity index (χ3v) is 2.91. The number of nitrogens with zero attached hydrogens (tertiary/aromatic N) is 4. The summed E-state index contributed by atoms with van der Waals surface area (Å²) in [5, 5.41) is 12.4. The summed E-state index contributed by atoms with van der Waals surface area (Å²) in [6.45, 7) is 2.51. The monoisotopic (exact) mass is 273 g/mol. The molecule has 1 N–H and O–H groups in total. The molecule has 0 aliphatic carbocycles. The lowest BCUT2D eigenvalue weighted by Crippen LogP contribution is -2.20. The van der Waals surface area contributed by atoms with Crippen LogP contribution < -0.4 is 5.32 Å². The minimum atomic E-state index is 0.0115. The number of nitriles is 1. The van der Waals surface area contributed by atoms with E-state index in [0.29, 0.717) is 17.1 Å². The van der Waals surface area contributed by atoms with Crippen molar-refractivity contribution in [2.45, 2.75) is 19.5 Å². The van der Waals surface area contributed by atoms with Crippen LogP contribution >= 0.6 is 11.6 Å². The van der Waals surface area contributed by atoms with E-state index in [1.165, 1.54) is 6.20 Å². The highest BCUT2D eigenvalue weighted by atomic mass is 35.5. The molecule has 2 aromatic heterocycles. The van der Waals surface area contributed by atoms with Gasteiger partial charge in [-0.15, -0.1) is 0 Å². The van der Waals surface area contributed by atoms with E-state index >= 15 is 0 Å². The fraction of sp³-hybridized carbons (Fsp3) is 0.231. The Kier molecular flexibility index (Phi) is 4.39. The SMILES string of the molecule is C[C@@H](NCc1cc(Cl)c(C#N)cn1)c1ncccn1. The van der Waals surface area contributed by atoms with Gasteiger partial charge in [-0.2, -0.15) is 5.26 Å². The highest BCUT2D eigenvalue weighted by Gasteiger charge is 2.08. The molecular formula is C13H12ClN5. The molecule has 0 saturated heterocycles. The van der Waals surface area contributed by atoms with Gasteiger partial charge in [0.1, 0.15) is 11.9 Å². The molecule has 0 fully saturated rings. The van der Waals surface area contributed by atoms with Crippen LogP contribution in [0.5, 0.6) is 0 Å². The van der Waals surface area contributed by atoms with Crippen LogP contribution in [0, 0.1) is 11.3 Å². The van der Waals surface area contributed by atoms with Gasteiger partial charge in [0.15, 0.2) is 0 Å². The van der Waals surface area contributed by atoms with Crippen molar-refractivity contribution < 1.29 is 0 Å². The topological polar surface area (TPSA) is 74.5 Å². The van der Waals surface area contributed by atoms with Crippen molar-refractivity contribution in [2.75, 3.05) is 0 Å². The van der Waals surface area contributed by atoms with E-state index in [9.17, 15) is 0 Å². The van der Waals surface area contributed by atoms with Crippen LogP contribution in [0.4, 0.5) is 0 Å². The lowest BCUT2D eigenvalue weighted by Gasteiger charge is -2.11. The van der Waals surface area contributed by atoms with E-state index in [-0.39, 0.29) is 6.04 Å². The molecule has 2 heterocycles. The summed E-state index contributed by atoms with van der Waals surface area (Å²) in [7, 11) is 0. The number of rotatable bonds is 4. The molecule has 0 bridgehead atoms. The molecule has 0 aliphatic rings. The van der Waals surface area contributed by atoms with Gasteiger partial charge < -0.3 is 5.32 Å². The molecule has 1 atom stereocenters. The fourth-order valence-corrected chi connectivity index (χ4v) is 1.75. The predicted molar refractivity (Wildman–Crippen MR) is 71.2 cm³/mol. The molecule has 0 unspecified atom stereocenters. The molecule has 0 saturated carbocycles. The van der Waals surface area contributed by atoms with Crippen molar-refractivity contribution in [3.05, 3.63) is 52.8 Å². The number of halogens is 1. The normalized spacial score (nSPS) is 11.8. The predicted octanol–water partition coefficient (Wildman–Crippen LogP) is 2.25. The standard InChI is InChI=1S/C13H12ClN5/c1-9(13-16-3-2-4-17-13)18-8-11-5-12(14)10(6-15)7-19-11/h2-5,7,9,18H,8H2,1H3/t9-/m1/s1. The van der Waals surface area contributed by atoms with Crippen molar-refractivity contribution in [3.63, 3.8) is 0 Å². The Bertz CT molecular complexity index is 594. The van der Waals surface area contributed by atoms with Gasteiger partial charge in [-0.25, -0.2) is 9.97 Å². The average molecular weight is 274 g/mol. The summed E-state index contributed by atoms with van der Waals surface area (Å²) in [5.74, 6) is 0.724. The van der Waals surface area contributed by atoms with Gasteiger partial charge in [0.25, 0.3) is 0 Å². The molecule has 0 radical (unpaired) electrons. The highest BCUT2D eigenvalue weighted by molar-refractivity contribution is 6.31. The van der Waals surface area contributed by atoms with E-state index in [4.69, 9.17) is 16.9 Å². The minimum absolute atomic E-state index is 0.0115. The Hall–Kier alpha value is -2.03. The number of hydrogen-bond donors (Lipinski definition) is 1. The Labute approximate surface area is 116 Å². The van der Waals surface area contributed by atoms with Crippen LogP contribution in [0.2, 0.25) is 5.02 Å². The largest absolute Gasteiger partial charge is 0.302 e. The maximum atomic E-state index is 8.77. The van der Waals surface area contributed by atoms with Gasteiger partial charge in [0.05, 0.1) is 22.3 Å². The molecule has 0 aromatic carbocycles. The van der Waals surface area contributed by atoms with Gasteiger partial charge in [0, 0.05) is 25.1 Å². The summed E-state index contributed by atoms with van der Waals surface area (Å²) < 4.78 is 0. The van der Waals surface area contributed by atoms with E-state index in [1.807, 2.05) is 13.0 Å². The van der Waals surface area contributed by atoms with Crippen LogP contribution in [0.3, 0.4) is 0 Å². The van der Waals surface area contributed by atoms with Crippen LogP contribution in [-0.4, -0.2) is 15.0 Å². The molecule has 5 nitrogen and oxygen atoms in total. The quantitative estimate of drug-likeness (QED) is 0.925. The van der Waals surface area contributed by atoms with Gasteiger partial charge in [0.2, 0.25) is 0 Å². The molecule has 2 rings (SSSR count). The fourth-order valence-electron chi connectivity index (χ4n) is 1.53. The minimum Gasteiger partial charge on any atom is -0.302 e. The second-order valence-electron chi connectivity index (χ2n) is 3.98. The molecule has 19 heavy (non-hydrogen) atoms. The van der Waals surface area contributed by atoms with Crippen LogP contribution in [0.1, 0.15) is 30.0 Å². The second kappa shape index (κ2) is 6.23. The molecule has 96 valence electrons. The third-order valence-electron chi connectivity index (χ3n) is 2.59. The first-order valence-electron chi connectivity index (χ1n) is 5.75. The summed E-state index contributed by atoms with van der Waals surface area (Å²) in [4.78, 5) is 12.5. The Morgan fingerprint density at radius 2 is 2.11 bits per heavy atom. The zero-order valence-electron chi connectivity index (χ0n) is 10.3. The lowest BCUT2D eigenvalue weighted by molar-refractivity contribution is 0.540. The zero-order chi connectivity index (χ0) is 13.7. The number of pyridine rings is 1. The Balaban J connectivity index is 2.00. The van der Waals surface area contributed by atoms with Gasteiger partial charge in [-0.1, -0.05) is 11.6 Å². The second-order valence-corrected chi connectivity index (χ2v) is 4.38. The van der Waals surface area contributed by atoms with Gasteiger partial charge >= 0.3 is 0 Å². The molecule has 0 amide bonds. The van der Waals surface area contributed by atoms with E-state index < -0.39 is 0 Å². The smallest absolute Gasteiger partial charge is 0.144 e. The van der Waals surface area contributed by atoms with Crippen LogP contribution in [0.15, 0.2) is 30.7 Å². The Morgan fingerprint density at radius 3 is 2.74 bits per heavy atom. The van der Waals surface area contributed by atoms with E-state index in [0.717, 1.165) is 11.5 Å².